The van der Waals surface area contributed by atoms with E-state index in [2.05, 4.69) is 0 Å². The summed E-state index contributed by atoms with van der Waals surface area (Å²) in [5.74, 6) is -7.53. The highest BCUT2D eigenvalue weighted by atomic mass is 16.3. The molecule has 18 heteroatoms. The Kier molecular flexibility index (Phi) is 22.2. The van der Waals surface area contributed by atoms with Crippen LogP contribution in [0.3, 0.4) is 0 Å². The van der Waals surface area contributed by atoms with Gasteiger partial charge in [-0.15, -0.1) is 0 Å². The third-order valence-electron chi connectivity index (χ3n) is 18.4. The van der Waals surface area contributed by atoms with Gasteiger partial charge >= 0.3 is 0 Å². The smallest absolute Gasteiger partial charge is 0.127 e. The van der Waals surface area contributed by atoms with Crippen LogP contribution in [-0.4, -0.2) is 175 Å². The molecule has 0 aromatic heterocycles. The minimum absolute atomic E-state index is 0.0711. The molecule has 1 aliphatic carbocycles. The fourth-order valence-electron chi connectivity index (χ4n) is 14.2. The predicted molar refractivity (Wildman–Crippen MR) is 356 cm³/mol. The summed E-state index contributed by atoms with van der Waals surface area (Å²) in [4.78, 5) is 10.9. The summed E-state index contributed by atoms with van der Waals surface area (Å²) in [6, 6.07) is 10.4. The number of rotatable bonds is 18. The molecule has 0 atom stereocenters. The molecule has 12 bridgehead atoms. The van der Waals surface area contributed by atoms with Crippen LogP contribution < -0.4 is 0 Å². The first-order chi connectivity index (χ1) is 42.3. The monoisotopic (exact) mass is 1240 g/mol. The Labute approximate surface area is 533 Å². The van der Waals surface area contributed by atoms with Crippen molar-refractivity contribution in [1.82, 2.24) is 29.4 Å². The van der Waals surface area contributed by atoms with Crippen LogP contribution in [0.2, 0.25) is 0 Å². The third-order valence-corrected chi connectivity index (χ3v) is 18.4. The van der Waals surface area contributed by atoms with Gasteiger partial charge in [-0.05, 0) is 159 Å². The van der Waals surface area contributed by atoms with Crippen LogP contribution in [-0.2, 0) is 39.3 Å². The molecule has 0 aliphatic heterocycles. The average molecular weight is 1240 g/mol. The quantitative estimate of drug-likeness (QED) is 0.0382. The molecule has 0 saturated heterocycles. The SMILES string of the molecule is CCC1c2cc(c(O)c(CN(C)C)c2O)C(CC)c2cc(c(O)c(CN(C)C)c2O)C(CC)c2cc(c(O)c(CN(C)C)c2O)C(CC)c2cc(c(O)c(CN(C)C)c2O)C(CC)c2cc(c(O)c(CN(C)C)c2O)C(CC)c2cc1c(O)c(CN(C)C)c2O. The van der Waals surface area contributed by atoms with Crippen LogP contribution in [0.5, 0.6) is 69.0 Å². The molecular weight excluding hydrogens is 1140 g/mol. The normalized spacial score (nSPS) is 18.0. The van der Waals surface area contributed by atoms with E-state index < -0.39 is 35.5 Å². The van der Waals surface area contributed by atoms with E-state index in [0.717, 1.165) is 0 Å². The van der Waals surface area contributed by atoms with Crippen LogP contribution in [0.4, 0.5) is 0 Å². The molecule has 0 fully saturated rings. The number of fused-ring (bicyclic) bond motifs is 12. The number of hydrogen-bond donors (Lipinski definition) is 12. The number of benzene rings is 6. The molecule has 7 rings (SSSR count). The largest absolute Gasteiger partial charge is 0.507 e. The Bertz CT molecular complexity index is 2830. The first kappa shape index (κ1) is 70.1. The maximum Gasteiger partial charge on any atom is 0.127 e. The Morgan fingerprint density at radius 3 is 0.356 bits per heavy atom. The summed E-state index contributed by atoms with van der Waals surface area (Å²) in [6.45, 7) is 11.9. The molecule has 0 spiro atoms. The van der Waals surface area contributed by atoms with Crippen molar-refractivity contribution in [3.63, 3.8) is 0 Å². The number of aromatic hydroxyl groups is 12. The molecule has 90 heavy (non-hydrogen) atoms. The van der Waals surface area contributed by atoms with E-state index in [-0.39, 0.29) is 180 Å². The lowest BCUT2D eigenvalue weighted by molar-refractivity contribution is 0.357. The molecule has 0 unspecified atom stereocenters. The lowest BCUT2D eigenvalue weighted by Gasteiger charge is -2.31. The van der Waals surface area contributed by atoms with Crippen molar-refractivity contribution >= 4 is 0 Å². The lowest BCUT2D eigenvalue weighted by atomic mass is 9.75. The van der Waals surface area contributed by atoms with Crippen molar-refractivity contribution in [2.45, 2.75) is 155 Å². The van der Waals surface area contributed by atoms with Gasteiger partial charge in [0.1, 0.15) is 69.0 Å². The van der Waals surface area contributed by atoms with E-state index in [0.29, 0.717) is 66.8 Å². The Hall–Kier alpha value is -7.32. The summed E-state index contributed by atoms with van der Waals surface area (Å²) in [6.07, 6.45) is 1.70. The number of phenols is 12. The molecule has 6 aromatic rings. The predicted octanol–water partition coefficient (Wildman–Crippen LogP) is 12.1. The van der Waals surface area contributed by atoms with Gasteiger partial charge in [0.2, 0.25) is 0 Å². The third kappa shape index (κ3) is 13.2. The second-order valence-electron chi connectivity index (χ2n) is 26.6. The molecule has 0 heterocycles. The fourth-order valence-corrected chi connectivity index (χ4v) is 14.2. The lowest BCUT2D eigenvalue weighted by Crippen LogP contribution is -2.17. The maximum absolute atomic E-state index is 12.8. The molecule has 12 N–H and O–H groups in total. The molecular formula is C72H102N6O12. The van der Waals surface area contributed by atoms with E-state index in [1.54, 1.807) is 36.4 Å². The van der Waals surface area contributed by atoms with Crippen LogP contribution in [0.1, 0.15) is 216 Å². The van der Waals surface area contributed by atoms with Gasteiger partial charge in [-0.3, -0.25) is 0 Å². The highest BCUT2D eigenvalue weighted by Crippen LogP contribution is 2.57. The van der Waals surface area contributed by atoms with Crippen LogP contribution in [0.15, 0.2) is 36.4 Å². The van der Waals surface area contributed by atoms with Gasteiger partial charge in [0.05, 0.1) is 33.4 Å². The van der Waals surface area contributed by atoms with Gasteiger partial charge < -0.3 is 90.7 Å². The summed E-state index contributed by atoms with van der Waals surface area (Å²) in [5.41, 5.74) is 5.33. The zero-order valence-corrected chi connectivity index (χ0v) is 56.5. The van der Waals surface area contributed by atoms with Crippen LogP contribution >= 0.6 is 0 Å². The topological polar surface area (TPSA) is 262 Å². The summed E-state index contributed by atoms with van der Waals surface area (Å²) in [5, 5.41) is 154. The van der Waals surface area contributed by atoms with Gasteiger partial charge in [-0.25, -0.2) is 0 Å². The van der Waals surface area contributed by atoms with Crippen molar-refractivity contribution < 1.29 is 61.3 Å². The van der Waals surface area contributed by atoms with Crippen molar-refractivity contribution in [3.8, 4) is 69.0 Å². The number of nitrogens with zero attached hydrogens (tertiary/aromatic N) is 6. The van der Waals surface area contributed by atoms with Crippen molar-refractivity contribution in [3.05, 3.63) is 137 Å². The van der Waals surface area contributed by atoms with Crippen LogP contribution in [0.25, 0.3) is 0 Å². The first-order valence-electron chi connectivity index (χ1n) is 31.7. The molecule has 0 amide bonds. The molecule has 6 aromatic carbocycles. The summed E-state index contributed by atoms with van der Waals surface area (Å²) >= 11 is 0. The van der Waals surface area contributed by atoms with Gasteiger partial charge in [0.15, 0.2) is 0 Å². The minimum Gasteiger partial charge on any atom is -0.507 e. The fraction of sp³-hybridized carbons (Fsp3) is 0.500. The van der Waals surface area contributed by atoms with E-state index in [1.807, 2.05) is 156 Å². The number of phenolic OH excluding ortho intramolecular Hbond substituents is 12. The zero-order chi connectivity index (χ0) is 67.0. The molecule has 492 valence electrons. The van der Waals surface area contributed by atoms with E-state index in [9.17, 15) is 61.3 Å². The van der Waals surface area contributed by atoms with E-state index in [1.165, 1.54) is 0 Å². The average Bonchev–Trinajstić information content (AvgIpc) is 0.766. The van der Waals surface area contributed by atoms with Crippen molar-refractivity contribution in [1.29, 1.82) is 0 Å². The van der Waals surface area contributed by atoms with Crippen molar-refractivity contribution in [2.75, 3.05) is 84.6 Å². The first-order valence-corrected chi connectivity index (χ1v) is 31.7. The van der Waals surface area contributed by atoms with Gasteiger partial charge in [-0.1, -0.05) is 41.5 Å². The van der Waals surface area contributed by atoms with Gasteiger partial charge in [-0.2, -0.15) is 0 Å². The Balaban J connectivity index is 1.80. The number of hydrogen-bond acceptors (Lipinski definition) is 18. The Morgan fingerprint density at radius 2 is 0.289 bits per heavy atom. The van der Waals surface area contributed by atoms with E-state index >= 15 is 0 Å². The molecule has 0 radical (unpaired) electrons. The van der Waals surface area contributed by atoms with Gasteiger partial charge in [0, 0.05) is 142 Å². The molecule has 0 saturated carbocycles. The van der Waals surface area contributed by atoms with Crippen LogP contribution in [0, 0.1) is 0 Å². The highest BCUT2D eigenvalue weighted by molar-refractivity contribution is 5.69. The second-order valence-corrected chi connectivity index (χ2v) is 26.6. The van der Waals surface area contributed by atoms with Gasteiger partial charge in [0.25, 0.3) is 0 Å². The zero-order valence-electron chi connectivity index (χ0n) is 56.5. The highest BCUT2D eigenvalue weighted by Gasteiger charge is 2.38. The summed E-state index contributed by atoms with van der Waals surface area (Å²) < 4.78 is 0. The standard InChI is InChI=1S/C72H102N6O12/c1-19-37-43-25-45(63(81)55(61(43)79)31-73(7)8)38(20-2)47-27-49(67(85)57(65(47)83)33-75(11)12)40(22-4)51-29-53(71(89)59(69(51)87)35-77(15)16)42(24-6)54-30-52(70(88)60(72(54)90)36-78(17)18)41(23-5)50-28-48(66(84)58(68(50)86)34-76(13)14)39(21-3)46-26-44(37)62(80)56(64(46)82)32-74(9)10/h25-30,37-42,79-90H,19-24,31-36H2,1-18H3. The molecule has 1 aliphatic rings. The maximum atomic E-state index is 12.8. The second kappa shape index (κ2) is 28.5. The Morgan fingerprint density at radius 1 is 0.200 bits per heavy atom. The minimum atomic E-state index is -0.820. The van der Waals surface area contributed by atoms with E-state index in [4.69, 9.17) is 0 Å². The molecule has 18 nitrogen and oxygen atoms in total. The van der Waals surface area contributed by atoms with Crippen molar-refractivity contribution in [2.24, 2.45) is 0 Å². The summed E-state index contributed by atoms with van der Waals surface area (Å²) in [7, 11) is 21.8.